The van der Waals surface area contributed by atoms with Gasteiger partial charge in [0.05, 0.1) is 5.69 Å². The lowest BCUT2D eigenvalue weighted by molar-refractivity contribution is 0.546. The third-order valence-corrected chi connectivity index (χ3v) is 7.91. The predicted octanol–water partition coefficient (Wildman–Crippen LogP) is 8.52. The topological polar surface area (TPSA) is 12.9 Å². The molecule has 0 unspecified atom stereocenters. The van der Waals surface area contributed by atoms with Crippen molar-refractivity contribution in [1.82, 2.24) is 4.98 Å². The molecule has 0 saturated heterocycles. The number of nitrogens with zero attached hydrogens (tertiary/aromatic N) is 1. The lowest BCUT2D eigenvalue weighted by atomic mass is 9.97. The zero-order chi connectivity index (χ0) is 20.6. The number of hydrogen-bond acceptors (Lipinski definition) is 2. The quantitative estimate of drug-likeness (QED) is 0.284. The first-order valence-electron chi connectivity index (χ1n) is 11.3. The molecule has 1 aliphatic rings. The van der Waals surface area contributed by atoms with Crippen LogP contribution in [0.2, 0.25) is 0 Å². The Hall–Kier alpha value is -2.97. The second kappa shape index (κ2) is 7.94. The normalized spacial score (nSPS) is 14.6. The summed E-state index contributed by atoms with van der Waals surface area (Å²) in [5, 5.41) is 2.67. The van der Waals surface area contributed by atoms with E-state index in [0.717, 1.165) is 11.6 Å². The summed E-state index contributed by atoms with van der Waals surface area (Å²) < 4.78 is 2.68. The minimum absolute atomic E-state index is 0.853. The van der Waals surface area contributed by atoms with E-state index in [1.165, 1.54) is 74.5 Å². The fraction of sp³-hybridized carbons (Fsp3) is 0.207. The van der Waals surface area contributed by atoms with Crippen LogP contribution in [0.3, 0.4) is 0 Å². The van der Waals surface area contributed by atoms with Gasteiger partial charge in [0.2, 0.25) is 0 Å². The third-order valence-electron chi connectivity index (χ3n) is 6.71. The molecule has 2 aromatic heterocycles. The largest absolute Gasteiger partial charge is 0.256 e. The van der Waals surface area contributed by atoms with Crippen LogP contribution in [-0.4, -0.2) is 4.98 Å². The number of benzene rings is 3. The molecular weight excluding hydrogens is 394 g/mol. The van der Waals surface area contributed by atoms with Gasteiger partial charge in [0.25, 0.3) is 0 Å². The summed E-state index contributed by atoms with van der Waals surface area (Å²) in [4.78, 5) is 4.78. The Morgan fingerprint density at radius 1 is 0.774 bits per heavy atom. The molecule has 1 nitrogen and oxygen atoms in total. The Morgan fingerprint density at radius 3 is 2.52 bits per heavy atom. The van der Waals surface area contributed by atoms with Crippen molar-refractivity contribution in [2.75, 3.05) is 0 Å². The predicted molar refractivity (Wildman–Crippen MR) is 134 cm³/mol. The Kier molecular flexibility index (Phi) is 4.81. The highest BCUT2D eigenvalue weighted by Crippen LogP contribution is 2.41. The summed E-state index contributed by atoms with van der Waals surface area (Å²) >= 11 is 1.89. The highest BCUT2D eigenvalue weighted by atomic mass is 32.1. The van der Waals surface area contributed by atoms with Crippen molar-refractivity contribution in [2.24, 2.45) is 5.92 Å². The molecule has 3 aromatic carbocycles. The molecule has 1 fully saturated rings. The lowest BCUT2D eigenvalue weighted by Gasteiger charge is -2.10. The summed E-state index contributed by atoms with van der Waals surface area (Å²) in [7, 11) is 0. The Labute approximate surface area is 187 Å². The molecule has 0 atom stereocenters. The molecule has 0 aliphatic heterocycles. The van der Waals surface area contributed by atoms with Crippen LogP contribution in [0.25, 0.3) is 42.6 Å². The van der Waals surface area contributed by atoms with E-state index < -0.39 is 0 Å². The molecule has 0 N–H and O–H groups in total. The van der Waals surface area contributed by atoms with E-state index in [1.807, 2.05) is 17.5 Å². The summed E-state index contributed by atoms with van der Waals surface area (Å²) in [6.07, 6.45) is 8.75. The van der Waals surface area contributed by atoms with Crippen LogP contribution in [0.5, 0.6) is 0 Å². The van der Waals surface area contributed by atoms with Gasteiger partial charge in [-0.15, -0.1) is 11.3 Å². The molecule has 0 bridgehead atoms. The van der Waals surface area contributed by atoms with Crippen molar-refractivity contribution < 1.29 is 0 Å². The molecule has 5 aromatic rings. The molecule has 0 spiro atoms. The highest BCUT2D eigenvalue weighted by Gasteiger charge is 2.17. The monoisotopic (exact) mass is 419 g/mol. The molecule has 31 heavy (non-hydrogen) atoms. The fourth-order valence-electron chi connectivity index (χ4n) is 5.11. The van der Waals surface area contributed by atoms with E-state index in [0.29, 0.717) is 0 Å². The summed E-state index contributed by atoms with van der Waals surface area (Å²) in [6, 6.07) is 28.7. The molecule has 2 heteroatoms. The van der Waals surface area contributed by atoms with Gasteiger partial charge in [0, 0.05) is 31.9 Å². The van der Waals surface area contributed by atoms with Crippen LogP contribution in [0, 0.1) is 5.92 Å². The molecule has 2 heterocycles. The zero-order valence-corrected chi connectivity index (χ0v) is 18.4. The summed E-state index contributed by atoms with van der Waals surface area (Å²) in [5.41, 5.74) is 6.34. The molecular formula is C29H25NS. The van der Waals surface area contributed by atoms with Gasteiger partial charge >= 0.3 is 0 Å². The first-order valence-corrected chi connectivity index (χ1v) is 12.1. The number of fused-ring (bicyclic) bond motifs is 3. The molecule has 1 aliphatic carbocycles. The van der Waals surface area contributed by atoms with E-state index in [4.69, 9.17) is 4.98 Å². The first-order chi connectivity index (χ1) is 15.3. The van der Waals surface area contributed by atoms with Crippen molar-refractivity contribution >= 4 is 31.5 Å². The molecule has 0 radical (unpaired) electrons. The number of hydrogen-bond donors (Lipinski definition) is 0. The van der Waals surface area contributed by atoms with Gasteiger partial charge < -0.3 is 0 Å². The average Bonchev–Trinajstić information content (AvgIpc) is 3.46. The number of thiophene rings is 1. The Balaban J connectivity index is 1.44. The third kappa shape index (κ3) is 3.55. The van der Waals surface area contributed by atoms with Crippen LogP contribution >= 0.6 is 11.3 Å². The van der Waals surface area contributed by atoms with E-state index in [-0.39, 0.29) is 0 Å². The number of rotatable bonds is 4. The van der Waals surface area contributed by atoms with Crippen LogP contribution in [0.4, 0.5) is 0 Å². The Morgan fingerprint density at radius 2 is 1.65 bits per heavy atom. The second-order valence-corrected chi connectivity index (χ2v) is 9.82. The maximum absolute atomic E-state index is 4.78. The number of aromatic nitrogens is 1. The molecule has 0 amide bonds. The first kappa shape index (κ1) is 18.8. The van der Waals surface area contributed by atoms with Crippen molar-refractivity contribution in [2.45, 2.75) is 32.1 Å². The van der Waals surface area contributed by atoms with Gasteiger partial charge in [-0.2, -0.15) is 0 Å². The van der Waals surface area contributed by atoms with Crippen LogP contribution < -0.4 is 0 Å². The minimum atomic E-state index is 0.853. The van der Waals surface area contributed by atoms with E-state index in [2.05, 4.69) is 78.9 Å². The van der Waals surface area contributed by atoms with Crippen LogP contribution in [-0.2, 0) is 6.42 Å². The summed E-state index contributed by atoms with van der Waals surface area (Å²) in [6.45, 7) is 0. The Bertz CT molecular complexity index is 1360. The van der Waals surface area contributed by atoms with Crippen LogP contribution in [0.1, 0.15) is 31.2 Å². The molecule has 1 saturated carbocycles. The van der Waals surface area contributed by atoms with E-state index in [9.17, 15) is 0 Å². The van der Waals surface area contributed by atoms with Gasteiger partial charge in [-0.25, -0.2) is 0 Å². The van der Waals surface area contributed by atoms with Crippen molar-refractivity contribution in [3.05, 3.63) is 90.6 Å². The second-order valence-electron chi connectivity index (χ2n) is 8.77. The van der Waals surface area contributed by atoms with Crippen LogP contribution in [0.15, 0.2) is 85.1 Å². The molecule has 152 valence electrons. The van der Waals surface area contributed by atoms with E-state index in [1.54, 1.807) is 0 Å². The minimum Gasteiger partial charge on any atom is -0.256 e. The highest BCUT2D eigenvalue weighted by molar-refractivity contribution is 7.26. The standard InChI is InChI=1S/C29H25NS/c1-2-9-22(10-3-1)23-13-14-24-25-11-6-12-26(29(25)31-28(24)19-23)27-18-21(15-16-30-27)17-20-7-4-5-8-20/h1-3,6,9-16,18-20H,4-5,7-8,17H2. The fourth-order valence-corrected chi connectivity index (χ4v) is 6.37. The molecule has 6 rings (SSSR count). The smallest absolute Gasteiger partial charge is 0.0719 e. The zero-order valence-electron chi connectivity index (χ0n) is 17.6. The SMILES string of the molecule is c1ccc(-c2ccc3c(c2)sc2c(-c4cc(CC5CCCC5)ccn4)cccc23)cc1. The maximum Gasteiger partial charge on any atom is 0.0719 e. The summed E-state index contributed by atoms with van der Waals surface area (Å²) in [5.74, 6) is 0.853. The van der Waals surface area contributed by atoms with Gasteiger partial charge in [-0.05, 0) is 47.2 Å². The van der Waals surface area contributed by atoms with Gasteiger partial charge in [0.15, 0.2) is 0 Å². The maximum atomic E-state index is 4.78. The van der Waals surface area contributed by atoms with Gasteiger partial charge in [-0.1, -0.05) is 86.3 Å². The lowest BCUT2D eigenvalue weighted by Crippen LogP contribution is -1.99. The van der Waals surface area contributed by atoms with E-state index >= 15 is 0 Å². The number of pyridine rings is 1. The van der Waals surface area contributed by atoms with Crippen molar-refractivity contribution in [1.29, 1.82) is 0 Å². The van der Waals surface area contributed by atoms with Crippen molar-refractivity contribution in [3.63, 3.8) is 0 Å². The van der Waals surface area contributed by atoms with Gasteiger partial charge in [-0.3, -0.25) is 4.98 Å². The van der Waals surface area contributed by atoms with Gasteiger partial charge in [0.1, 0.15) is 0 Å². The average molecular weight is 420 g/mol. The van der Waals surface area contributed by atoms with Crippen molar-refractivity contribution in [3.8, 4) is 22.4 Å².